The van der Waals surface area contributed by atoms with Gasteiger partial charge in [0, 0.05) is 11.6 Å². The van der Waals surface area contributed by atoms with Crippen LogP contribution in [0.1, 0.15) is 32.8 Å². The Hall–Kier alpha value is -1.62. The molecule has 0 spiro atoms. The summed E-state index contributed by atoms with van der Waals surface area (Å²) < 4.78 is 5.06. The van der Waals surface area contributed by atoms with E-state index in [1.165, 1.54) is 13.2 Å². The number of rotatable bonds is 8. The smallest absolute Gasteiger partial charge is 0.276 e. The number of methoxy groups -OCH3 is 1. The van der Waals surface area contributed by atoms with Crippen molar-refractivity contribution in [1.29, 1.82) is 0 Å². The molecule has 1 N–H and O–H groups in total. The molecule has 112 valence electrons. The normalized spacial score (nSPS) is 12.4. The molecule has 5 heteroatoms. The van der Waals surface area contributed by atoms with Gasteiger partial charge in [0.1, 0.15) is 5.75 Å². The van der Waals surface area contributed by atoms with Gasteiger partial charge in [0.15, 0.2) is 0 Å². The van der Waals surface area contributed by atoms with Gasteiger partial charge < -0.3 is 10.1 Å². The van der Waals surface area contributed by atoms with Gasteiger partial charge in [-0.15, -0.1) is 0 Å². The zero-order valence-corrected chi connectivity index (χ0v) is 12.7. The summed E-state index contributed by atoms with van der Waals surface area (Å²) in [6.45, 7) is 7.29. The lowest BCUT2D eigenvalue weighted by atomic mass is 9.95. The van der Waals surface area contributed by atoms with Crippen molar-refractivity contribution < 1.29 is 9.66 Å². The minimum atomic E-state index is -0.338. The molecule has 0 aliphatic rings. The Bertz CT molecular complexity index is 447. The lowest BCUT2D eigenvalue weighted by Crippen LogP contribution is -2.36. The standard InChI is InChI=1S/C15H24N2O3/c1-5-8-16-14(11(2)3)9-12-6-7-13(20-4)10-15(12)17(18)19/h6-7,10-11,14,16H,5,8-9H2,1-4H3. The van der Waals surface area contributed by atoms with E-state index in [1.54, 1.807) is 12.1 Å². The van der Waals surface area contributed by atoms with Gasteiger partial charge in [0.25, 0.3) is 5.69 Å². The van der Waals surface area contributed by atoms with Gasteiger partial charge in [-0.2, -0.15) is 0 Å². The molecule has 0 amide bonds. The van der Waals surface area contributed by atoms with Gasteiger partial charge >= 0.3 is 0 Å². The lowest BCUT2D eigenvalue weighted by Gasteiger charge is -2.22. The van der Waals surface area contributed by atoms with Crippen LogP contribution in [0.25, 0.3) is 0 Å². The van der Waals surface area contributed by atoms with Crippen LogP contribution < -0.4 is 10.1 Å². The number of benzene rings is 1. The molecule has 1 rings (SSSR count). The molecule has 5 nitrogen and oxygen atoms in total. The van der Waals surface area contributed by atoms with Gasteiger partial charge in [0.05, 0.1) is 18.1 Å². The Morgan fingerprint density at radius 1 is 1.40 bits per heavy atom. The molecule has 0 saturated carbocycles. The third kappa shape index (κ3) is 4.49. The number of hydrogen-bond acceptors (Lipinski definition) is 4. The summed E-state index contributed by atoms with van der Waals surface area (Å²) in [7, 11) is 1.51. The predicted molar refractivity (Wildman–Crippen MR) is 80.3 cm³/mol. The lowest BCUT2D eigenvalue weighted by molar-refractivity contribution is -0.385. The van der Waals surface area contributed by atoms with E-state index >= 15 is 0 Å². The average molecular weight is 280 g/mol. The molecule has 1 aromatic rings. The second-order valence-electron chi connectivity index (χ2n) is 5.26. The van der Waals surface area contributed by atoms with Crippen LogP contribution in [-0.4, -0.2) is 24.6 Å². The van der Waals surface area contributed by atoms with Crippen molar-refractivity contribution in [2.75, 3.05) is 13.7 Å². The van der Waals surface area contributed by atoms with Crippen molar-refractivity contribution >= 4 is 5.69 Å². The molecule has 0 heterocycles. The fourth-order valence-electron chi connectivity index (χ4n) is 2.12. The summed E-state index contributed by atoms with van der Waals surface area (Å²) in [4.78, 5) is 10.8. The van der Waals surface area contributed by atoms with Crippen molar-refractivity contribution in [1.82, 2.24) is 5.32 Å². The first-order valence-electron chi connectivity index (χ1n) is 7.04. The molecule has 0 saturated heterocycles. The summed E-state index contributed by atoms with van der Waals surface area (Å²) in [5, 5.41) is 14.6. The third-order valence-corrected chi connectivity index (χ3v) is 3.39. The molecule has 0 aliphatic heterocycles. The maximum absolute atomic E-state index is 11.2. The first kappa shape index (κ1) is 16.4. The van der Waals surface area contributed by atoms with E-state index < -0.39 is 0 Å². The summed E-state index contributed by atoms with van der Waals surface area (Å²) >= 11 is 0. The van der Waals surface area contributed by atoms with Crippen molar-refractivity contribution in [3.05, 3.63) is 33.9 Å². The monoisotopic (exact) mass is 280 g/mol. The SMILES string of the molecule is CCCNC(Cc1ccc(OC)cc1[N+](=O)[O-])C(C)C. The second-order valence-corrected chi connectivity index (χ2v) is 5.26. The molecule has 1 aromatic carbocycles. The van der Waals surface area contributed by atoms with Gasteiger partial charge in [-0.25, -0.2) is 0 Å². The Labute approximate surface area is 120 Å². The topological polar surface area (TPSA) is 64.4 Å². The van der Waals surface area contributed by atoms with Crippen molar-refractivity contribution in [3.63, 3.8) is 0 Å². The molecule has 1 atom stereocenters. The van der Waals surface area contributed by atoms with E-state index in [0.29, 0.717) is 18.1 Å². The highest BCUT2D eigenvalue weighted by atomic mass is 16.6. The zero-order chi connectivity index (χ0) is 15.1. The van der Waals surface area contributed by atoms with Crippen LogP contribution in [0.5, 0.6) is 5.75 Å². The highest BCUT2D eigenvalue weighted by Gasteiger charge is 2.20. The van der Waals surface area contributed by atoms with Crippen LogP contribution in [0.3, 0.4) is 0 Å². The zero-order valence-electron chi connectivity index (χ0n) is 12.7. The maximum Gasteiger partial charge on any atom is 0.276 e. The molecular weight excluding hydrogens is 256 g/mol. The van der Waals surface area contributed by atoms with Crippen LogP contribution in [0, 0.1) is 16.0 Å². The Balaban J connectivity index is 2.96. The molecule has 0 fully saturated rings. The molecule has 0 aliphatic carbocycles. The van der Waals surface area contributed by atoms with E-state index in [1.807, 2.05) is 0 Å². The number of nitrogens with one attached hydrogen (secondary N) is 1. The van der Waals surface area contributed by atoms with E-state index in [0.717, 1.165) is 18.5 Å². The predicted octanol–water partition coefficient (Wildman–Crippen LogP) is 3.17. The third-order valence-electron chi connectivity index (χ3n) is 3.39. The van der Waals surface area contributed by atoms with Crippen molar-refractivity contribution in [3.8, 4) is 5.75 Å². The Morgan fingerprint density at radius 2 is 2.10 bits per heavy atom. The summed E-state index contributed by atoms with van der Waals surface area (Å²) in [5.74, 6) is 0.936. The van der Waals surface area contributed by atoms with Crippen molar-refractivity contribution in [2.45, 2.75) is 39.7 Å². The van der Waals surface area contributed by atoms with Crippen molar-refractivity contribution in [2.24, 2.45) is 5.92 Å². The Morgan fingerprint density at radius 3 is 2.60 bits per heavy atom. The molecule has 0 aromatic heterocycles. The summed E-state index contributed by atoms with van der Waals surface area (Å²) in [6.07, 6.45) is 1.70. The van der Waals surface area contributed by atoms with Crippen LogP contribution in [0.4, 0.5) is 5.69 Å². The number of hydrogen-bond donors (Lipinski definition) is 1. The molecule has 0 bridgehead atoms. The number of nitrogens with zero attached hydrogens (tertiary/aromatic N) is 1. The minimum Gasteiger partial charge on any atom is -0.497 e. The highest BCUT2D eigenvalue weighted by molar-refractivity contribution is 5.46. The number of nitro benzene ring substituents is 1. The fraction of sp³-hybridized carbons (Fsp3) is 0.600. The van der Waals surface area contributed by atoms with Crippen LogP contribution >= 0.6 is 0 Å². The molecule has 20 heavy (non-hydrogen) atoms. The number of ether oxygens (including phenoxy) is 1. The first-order chi connectivity index (χ1) is 9.49. The fourth-order valence-corrected chi connectivity index (χ4v) is 2.12. The van der Waals surface area contributed by atoms with E-state index in [-0.39, 0.29) is 16.7 Å². The quantitative estimate of drug-likeness (QED) is 0.587. The van der Waals surface area contributed by atoms with Gasteiger partial charge in [-0.3, -0.25) is 10.1 Å². The minimum absolute atomic E-state index is 0.133. The molecule has 0 radical (unpaired) electrons. The largest absolute Gasteiger partial charge is 0.497 e. The van der Waals surface area contributed by atoms with Crippen LogP contribution in [0.15, 0.2) is 18.2 Å². The van der Waals surface area contributed by atoms with E-state index in [2.05, 4.69) is 26.1 Å². The number of nitro groups is 1. The van der Waals surface area contributed by atoms with E-state index in [9.17, 15) is 10.1 Å². The van der Waals surface area contributed by atoms with E-state index in [4.69, 9.17) is 4.74 Å². The second kappa shape index (κ2) is 7.85. The molecule has 1 unspecified atom stereocenters. The summed E-state index contributed by atoms with van der Waals surface area (Å²) in [6, 6.07) is 5.30. The first-order valence-corrected chi connectivity index (χ1v) is 7.04. The maximum atomic E-state index is 11.2. The molecular formula is C15H24N2O3. The van der Waals surface area contributed by atoms with Gasteiger partial charge in [0.2, 0.25) is 0 Å². The Kier molecular flexibility index (Phi) is 6.45. The highest BCUT2D eigenvalue weighted by Crippen LogP contribution is 2.26. The van der Waals surface area contributed by atoms with Gasteiger partial charge in [-0.05, 0) is 37.4 Å². The summed E-state index contributed by atoms with van der Waals surface area (Å²) in [5.41, 5.74) is 0.881. The van der Waals surface area contributed by atoms with Gasteiger partial charge in [-0.1, -0.05) is 20.8 Å². The average Bonchev–Trinajstić information content (AvgIpc) is 2.42. The van der Waals surface area contributed by atoms with Crippen LogP contribution in [-0.2, 0) is 6.42 Å². The van der Waals surface area contributed by atoms with Crippen LogP contribution in [0.2, 0.25) is 0 Å².